The van der Waals surface area contributed by atoms with Crippen LogP contribution in [-0.2, 0) is 19.5 Å². The second-order valence-corrected chi connectivity index (χ2v) is 7.59. The molecule has 3 aromatic rings. The second kappa shape index (κ2) is 7.35. The first-order valence-corrected chi connectivity index (χ1v) is 9.48. The van der Waals surface area contributed by atoms with Gasteiger partial charge >= 0.3 is 0 Å². The fourth-order valence-electron chi connectivity index (χ4n) is 3.16. The molecule has 0 saturated carbocycles. The van der Waals surface area contributed by atoms with Crippen molar-refractivity contribution in [3.63, 3.8) is 0 Å². The van der Waals surface area contributed by atoms with Crippen molar-refractivity contribution < 1.29 is 4.79 Å². The normalized spacial score (nSPS) is 14.0. The van der Waals surface area contributed by atoms with Gasteiger partial charge in [-0.3, -0.25) is 20.0 Å². The molecule has 5 nitrogen and oxygen atoms in total. The Labute approximate surface area is 156 Å². The number of thiazole rings is 1. The number of nitrogens with zero attached hydrogens (tertiary/aromatic N) is 3. The zero-order valence-corrected chi connectivity index (χ0v) is 15.4. The van der Waals surface area contributed by atoms with Crippen LogP contribution in [0.1, 0.15) is 32.2 Å². The molecule has 2 aromatic heterocycles. The van der Waals surface area contributed by atoms with Crippen molar-refractivity contribution >= 4 is 22.4 Å². The van der Waals surface area contributed by atoms with Gasteiger partial charge in [-0.2, -0.15) is 0 Å². The third kappa shape index (κ3) is 3.81. The Balaban J connectivity index is 1.43. The van der Waals surface area contributed by atoms with Crippen LogP contribution in [0.3, 0.4) is 0 Å². The first-order valence-electron chi connectivity index (χ1n) is 8.66. The average molecular weight is 364 g/mol. The number of fused-ring (bicyclic) bond motifs is 1. The zero-order valence-electron chi connectivity index (χ0n) is 14.6. The largest absolute Gasteiger partial charge is 0.296 e. The van der Waals surface area contributed by atoms with Crippen LogP contribution in [0.2, 0.25) is 0 Å². The number of benzene rings is 1. The summed E-state index contributed by atoms with van der Waals surface area (Å²) < 4.78 is 0. The van der Waals surface area contributed by atoms with Gasteiger partial charge in [0.05, 0.1) is 5.69 Å². The van der Waals surface area contributed by atoms with Crippen molar-refractivity contribution in [2.24, 2.45) is 0 Å². The third-order valence-electron chi connectivity index (χ3n) is 4.42. The SMILES string of the molecule is Cc1cccc(CN2CCc3nc(NC(=O)c4ccccn4)sc3C2)c1. The summed E-state index contributed by atoms with van der Waals surface area (Å²) in [5.41, 5.74) is 4.13. The molecule has 1 aliphatic rings. The van der Waals surface area contributed by atoms with Gasteiger partial charge in [-0.15, -0.1) is 11.3 Å². The van der Waals surface area contributed by atoms with Gasteiger partial charge in [0, 0.05) is 37.1 Å². The summed E-state index contributed by atoms with van der Waals surface area (Å²) in [7, 11) is 0. The van der Waals surface area contributed by atoms with Gasteiger partial charge < -0.3 is 0 Å². The number of pyridine rings is 1. The lowest BCUT2D eigenvalue weighted by atomic mass is 10.1. The van der Waals surface area contributed by atoms with Crippen LogP contribution < -0.4 is 5.32 Å². The topological polar surface area (TPSA) is 58.1 Å². The summed E-state index contributed by atoms with van der Waals surface area (Å²) in [6.07, 6.45) is 2.53. The van der Waals surface area contributed by atoms with Crippen LogP contribution in [0.15, 0.2) is 48.7 Å². The number of aryl methyl sites for hydroxylation is 1. The van der Waals surface area contributed by atoms with E-state index in [0.29, 0.717) is 10.8 Å². The molecule has 1 N–H and O–H groups in total. The van der Waals surface area contributed by atoms with Gasteiger partial charge in [-0.25, -0.2) is 4.98 Å². The first kappa shape index (κ1) is 16.9. The summed E-state index contributed by atoms with van der Waals surface area (Å²) >= 11 is 1.56. The number of anilines is 1. The van der Waals surface area contributed by atoms with Crippen molar-refractivity contribution in [3.8, 4) is 0 Å². The van der Waals surface area contributed by atoms with Crippen LogP contribution in [-0.4, -0.2) is 27.3 Å². The Hall–Kier alpha value is -2.57. The van der Waals surface area contributed by atoms with E-state index in [0.717, 1.165) is 31.7 Å². The molecule has 0 unspecified atom stereocenters. The maximum Gasteiger partial charge on any atom is 0.276 e. The zero-order chi connectivity index (χ0) is 17.9. The van der Waals surface area contributed by atoms with Crippen molar-refractivity contribution in [2.75, 3.05) is 11.9 Å². The van der Waals surface area contributed by atoms with Gasteiger partial charge in [0.15, 0.2) is 5.13 Å². The van der Waals surface area contributed by atoms with E-state index >= 15 is 0 Å². The number of hydrogen-bond donors (Lipinski definition) is 1. The van der Waals surface area contributed by atoms with Crippen molar-refractivity contribution in [2.45, 2.75) is 26.4 Å². The highest BCUT2D eigenvalue weighted by Gasteiger charge is 2.21. The second-order valence-electron chi connectivity index (χ2n) is 6.51. The molecule has 0 spiro atoms. The van der Waals surface area contributed by atoms with E-state index in [-0.39, 0.29) is 5.91 Å². The van der Waals surface area contributed by atoms with Crippen LogP contribution in [0, 0.1) is 6.92 Å². The van der Waals surface area contributed by atoms with Gasteiger partial charge in [0.1, 0.15) is 5.69 Å². The van der Waals surface area contributed by atoms with Crippen LogP contribution in [0.5, 0.6) is 0 Å². The summed E-state index contributed by atoms with van der Waals surface area (Å²) in [6.45, 7) is 4.92. The van der Waals surface area contributed by atoms with Crippen LogP contribution in [0.25, 0.3) is 0 Å². The molecule has 6 heteroatoms. The van der Waals surface area contributed by atoms with Crippen LogP contribution in [0.4, 0.5) is 5.13 Å². The quantitative estimate of drug-likeness (QED) is 0.768. The Bertz CT molecular complexity index is 923. The minimum absolute atomic E-state index is 0.215. The summed E-state index contributed by atoms with van der Waals surface area (Å²) in [5, 5.41) is 3.53. The fraction of sp³-hybridized carbons (Fsp3) is 0.250. The molecular weight excluding hydrogens is 344 g/mol. The predicted molar refractivity (Wildman–Crippen MR) is 103 cm³/mol. The number of aromatic nitrogens is 2. The average Bonchev–Trinajstić information content (AvgIpc) is 3.04. The Morgan fingerprint density at radius 3 is 3.00 bits per heavy atom. The lowest BCUT2D eigenvalue weighted by molar-refractivity contribution is 0.102. The van der Waals surface area contributed by atoms with E-state index < -0.39 is 0 Å². The lowest BCUT2D eigenvalue weighted by Crippen LogP contribution is -2.29. The number of carbonyl (C=O) groups is 1. The number of nitrogens with one attached hydrogen (secondary N) is 1. The van der Waals surface area contributed by atoms with Gasteiger partial charge in [-0.05, 0) is 24.6 Å². The molecule has 0 radical (unpaired) electrons. The fourth-order valence-corrected chi connectivity index (χ4v) is 4.21. The first-order chi connectivity index (χ1) is 12.7. The number of rotatable bonds is 4. The van der Waals surface area contributed by atoms with E-state index in [2.05, 4.69) is 51.4 Å². The van der Waals surface area contributed by atoms with E-state index in [9.17, 15) is 4.79 Å². The van der Waals surface area contributed by atoms with E-state index in [1.165, 1.54) is 16.0 Å². The lowest BCUT2D eigenvalue weighted by Gasteiger charge is -2.25. The molecule has 1 aliphatic heterocycles. The maximum atomic E-state index is 12.2. The van der Waals surface area contributed by atoms with Crippen molar-refractivity contribution in [1.29, 1.82) is 0 Å². The predicted octanol–water partition coefficient (Wildman–Crippen LogP) is 3.66. The van der Waals surface area contributed by atoms with E-state index in [4.69, 9.17) is 0 Å². The molecule has 0 fully saturated rings. The summed E-state index contributed by atoms with van der Waals surface area (Å²) in [4.78, 5) is 24.6. The van der Waals surface area contributed by atoms with Crippen LogP contribution >= 0.6 is 11.3 Å². The highest BCUT2D eigenvalue weighted by Crippen LogP contribution is 2.29. The monoisotopic (exact) mass is 364 g/mol. The third-order valence-corrected chi connectivity index (χ3v) is 5.41. The smallest absolute Gasteiger partial charge is 0.276 e. The van der Waals surface area contributed by atoms with Crippen molar-refractivity contribution in [1.82, 2.24) is 14.9 Å². The molecule has 1 aromatic carbocycles. The highest BCUT2D eigenvalue weighted by atomic mass is 32.1. The Morgan fingerprint density at radius 2 is 2.19 bits per heavy atom. The van der Waals surface area contributed by atoms with E-state index in [1.807, 2.05) is 0 Å². The molecule has 132 valence electrons. The molecule has 4 rings (SSSR count). The van der Waals surface area contributed by atoms with E-state index in [1.54, 1.807) is 35.7 Å². The number of carbonyl (C=O) groups excluding carboxylic acids is 1. The van der Waals surface area contributed by atoms with Crippen molar-refractivity contribution in [3.05, 3.63) is 76.1 Å². The minimum Gasteiger partial charge on any atom is -0.296 e. The maximum absolute atomic E-state index is 12.2. The molecule has 26 heavy (non-hydrogen) atoms. The van der Waals surface area contributed by atoms with Gasteiger partial charge in [-0.1, -0.05) is 35.9 Å². The van der Waals surface area contributed by atoms with Gasteiger partial charge in [0.25, 0.3) is 5.91 Å². The Morgan fingerprint density at radius 1 is 1.27 bits per heavy atom. The molecule has 3 heterocycles. The number of amides is 1. The highest BCUT2D eigenvalue weighted by molar-refractivity contribution is 7.15. The molecular formula is C20H20N4OS. The molecule has 0 atom stereocenters. The summed E-state index contributed by atoms with van der Waals surface area (Å²) in [6, 6.07) is 13.9. The Kier molecular flexibility index (Phi) is 4.77. The molecule has 0 saturated heterocycles. The molecule has 1 amide bonds. The minimum atomic E-state index is -0.215. The molecule has 0 aliphatic carbocycles. The standard InChI is InChI=1S/C20H20N4OS/c1-14-5-4-6-15(11-14)12-24-10-8-16-18(13-24)26-20(22-16)23-19(25)17-7-2-3-9-21-17/h2-7,9,11H,8,10,12-13H2,1H3,(H,22,23,25). The number of hydrogen-bond acceptors (Lipinski definition) is 5. The van der Waals surface area contributed by atoms with Gasteiger partial charge in [0.2, 0.25) is 0 Å². The summed E-state index contributed by atoms with van der Waals surface area (Å²) in [5.74, 6) is -0.215. The molecule has 0 bridgehead atoms.